The van der Waals surface area contributed by atoms with Gasteiger partial charge in [-0.15, -0.1) is 0 Å². The Bertz CT molecular complexity index is 279. The quantitative estimate of drug-likeness (QED) is 0.719. The van der Waals surface area contributed by atoms with Crippen molar-refractivity contribution in [3.63, 3.8) is 0 Å². The number of hydrogen-bond donors (Lipinski definition) is 0. The molecule has 1 rings (SSSR count). The molecule has 0 saturated carbocycles. The molecule has 14 heavy (non-hydrogen) atoms. The SMILES string of the molecule is CC(C)c1cccc(C(C)C)c1OCl. The smallest absolute Gasteiger partial charge is 0.153 e. The van der Waals surface area contributed by atoms with Crippen LogP contribution in [-0.4, -0.2) is 0 Å². The molecule has 0 atom stereocenters. The zero-order valence-corrected chi connectivity index (χ0v) is 9.93. The summed E-state index contributed by atoms with van der Waals surface area (Å²) in [6.45, 7) is 8.55. The van der Waals surface area contributed by atoms with Gasteiger partial charge in [0.1, 0.15) is 11.9 Å². The third-order valence-electron chi connectivity index (χ3n) is 2.40. The molecule has 0 aliphatic carbocycles. The number of halogens is 1. The van der Waals surface area contributed by atoms with E-state index in [1.54, 1.807) is 0 Å². The molecule has 0 aliphatic rings. The van der Waals surface area contributed by atoms with Gasteiger partial charge in [-0.05, 0) is 23.0 Å². The summed E-state index contributed by atoms with van der Waals surface area (Å²) in [6.07, 6.45) is 0. The molecule has 1 aromatic carbocycles. The van der Waals surface area contributed by atoms with Crippen molar-refractivity contribution in [1.29, 1.82) is 0 Å². The van der Waals surface area contributed by atoms with Crippen LogP contribution in [0.1, 0.15) is 50.7 Å². The number of rotatable bonds is 3. The van der Waals surface area contributed by atoms with Crippen LogP contribution in [0.15, 0.2) is 18.2 Å². The van der Waals surface area contributed by atoms with Gasteiger partial charge in [0.05, 0.1) is 0 Å². The molecule has 0 N–H and O–H groups in total. The van der Waals surface area contributed by atoms with Gasteiger partial charge in [0.25, 0.3) is 0 Å². The van der Waals surface area contributed by atoms with Crippen LogP contribution >= 0.6 is 11.9 Å². The average Bonchev–Trinajstić information content (AvgIpc) is 2.16. The second kappa shape index (κ2) is 4.70. The summed E-state index contributed by atoms with van der Waals surface area (Å²) in [5.74, 6) is 1.70. The van der Waals surface area contributed by atoms with Crippen molar-refractivity contribution in [3.8, 4) is 5.75 Å². The van der Waals surface area contributed by atoms with E-state index < -0.39 is 0 Å². The molecule has 0 unspecified atom stereocenters. The van der Waals surface area contributed by atoms with Gasteiger partial charge in [-0.3, -0.25) is 0 Å². The van der Waals surface area contributed by atoms with E-state index in [0.717, 1.165) is 5.75 Å². The first-order chi connectivity index (χ1) is 6.57. The highest BCUT2D eigenvalue weighted by Gasteiger charge is 2.14. The second-order valence-electron chi connectivity index (χ2n) is 4.15. The van der Waals surface area contributed by atoms with E-state index in [4.69, 9.17) is 16.2 Å². The predicted octanol–water partition coefficient (Wildman–Crippen LogP) is 4.47. The normalized spacial score (nSPS) is 11.1. The Kier molecular flexibility index (Phi) is 3.82. The molecule has 0 aromatic heterocycles. The lowest BCUT2D eigenvalue weighted by Gasteiger charge is -2.15. The van der Waals surface area contributed by atoms with Gasteiger partial charge in [-0.1, -0.05) is 45.9 Å². The highest BCUT2D eigenvalue weighted by molar-refractivity contribution is 6.09. The minimum atomic E-state index is 0.433. The summed E-state index contributed by atoms with van der Waals surface area (Å²) in [6, 6.07) is 6.19. The van der Waals surface area contributed by atoms with Crippen molar-refractivity contribution in [1.82, 2.24) is 0 Å². The lowest BCUT2D eigenvalue weighted by Crippen LogP contribution is -1.97. The fraction of sp³-hybridized carbons (Fsp3) is 0.500. The maximum absolute atomic E-state index is 5.53. The van der Waals surface area contributed by atoms with Gasteiger partial charge in [0.15, 0.2) is 5.75 Å². The molecule has 0 bridgehead atoms. The Morgan fingerprint density at radius 1 is 1.00 bits per heavy atom. The fourth-order valence-electron chi connectivity index (χ4n) is 1.57. The van der Waals surface area contributed by atoms with Crippen molar-refractivity contribution < 1.29 is 4.29 Å². The molecule has 2 heteroatoms. The van der Waals surface area contributed by atoms with Crippen molar-refractivity contribution in [2.45, 2.75) is 39.5 Å². The molecule has 1 nitrogen and oxygen atoms in total. The van der Waals surface area contributed by atoms with Crippen LogP contribution in [0, 0.1) is 0 Å². The molecule has 0 aliphatic heterocycles. The van der Waals surface area contributed by atoms with Gasteiger partial charge >= 0.3 is 0 Å². The summed E-state index contributed by atoms with van der Waals surface area (Å²) < 4.78 is 4.97. The first-order valence-corrected chi connectivity index (χ1v) is 5.30. The Labute approximate surface area is 91.2 Å². The standard InChI is InChI=1S/C12H17ClO/c1-8(2)10-6-5-7-11(9(3)4)12(10)14-13/h5-9H,1-4H3. The summed E-state index contributed by atoms with van der Waals surface area (Å²) >= 11 is 5.53. The molecule has 0 heterocycles. The summed E-state index contributed by atoms with van der Waals surface area (Å²) in [7, 11) is 0. The average molecular weight is 213 g/mol. The molecule has 0 amide bonds. The third-order valence-corrected chi connectivity index (χ3v) is 2.55. The fourth-order valence-corrected chi connectivity index (χ4v) is 1.75. The summed E-state index contributed by atoms with van der Waals surface area (Å²) in [5.41, 5.74) is 2.34. The van der Waals surface area contributed by atoms with Crippen molar-refractivity contribution in [2.75, 3.05) is 0 Å². The molecule has 0 spiro atoms. The number of para-hydroxylation sites is 1. The van der Waals surface area contributed by atoms with E-state index in [2.05, 4.69) is 45.9 Å². The minimum Gasteiger partial charge on any atom is -0.385 e. The van der Waals surface area contributed by atoms with Crippen LogP contribution < -0.4 is 4.29 Å². The van der Waals surface area contributed by atoms with E-state index in [9.17, 15) is 0 Å². The molecule has 0 fully saturated rings. The van der Waals surface area contributed by atoms with Crippen LogP contribution in [-0.2, 0) is 0 Å². The Hall–Kier alpha value is -0.690. The van der Waals surface area contributed by atoms with Crippen molar-refractivity contribution in [3.05, 3.63) is 29.3 Å². The largest absolute Gasteiger partial charge is 0.385 e. The van der Waals surface area contributed by atoms with E-state index in [1.807, 2.05) is 0 Å². The van der Waals surface area contributed by atoms with E-state index in [0.29, 0.717) is 11.8 Å². The van der Waals surface area contributed by atoms with E-state index in [1.165, 1.54) is 11.1 Å². The topological polar surface area (TPSA) is 9.23 Å². The van der Waals surface area contributed by atoms with Gasteiger partial charge in [-0.2, -0.15) is 0 Å². The number of hydrogen-bond acceptors (Lipinski definition) is 1. The lowest BCUT2D eigenvalue weighted by atomic mass is 9.94. The third kappa shape index (κ3) is 2.21. The van der Waals surface area contributed by atoms with Gasteiger partial charge in [-0.25, -0.2) is 0 Å². The molecule has 0 radical (unpaired) electrons. The Morgan fingerprint density at radius 2 is 1.43 bits per heavy atom. The monoisotopic (exact) mass is 212 g/mol. The van der Waals surface area contributed by atoms with E-state index >= 15 is 0 Å². The van der Waals surface area contributed by atoms with Crippen LogP contribution in [0.3, 0.4) is 0 Å². The zero-order valence-electron chi connectivity index (χ0n) is 9.17. The van der Waals surface area contributed by atoms with E-state index in [-0.39, 0.29) is 0 Å². The highest BCUT2D eigenvalue weighted by atomic mass is 35.5. The predicted molar refractivity (Wildman–Crippen MR) is 61.1 cm³/mol. The van der Waals surface area contributed by atoms with Crippen molar-refractivity contribution >= 4 is 11.9 Å². The van der Waals surface area contributed by atoms with Crippen molar-refractivity contribution in [2.24, 2.45) is 0 Å². The molecule has 1 aromatic rings. The lowest BCUT2D eigenvalue weighted by molar-refractivity contribution is 0.582. The number of benzene rings is 1. The van der Waals surface area contributed by atoms with Crippen LogP contribution in [0.2, 0.25) is 0 Å². The maximum atomic E-state index is 5.53. The van der Waals surface area contributed by atoms with Crippen LogP contribution in [0.25, 0.3) is 0 Å². The highest BCUT2D eigenvalue weighted by Crippen LogP contribution is 2.34. The Morgan fingerprint density at radius 3 is 1.71 bits per heavy atom. The van der Waals surface area contributed by atoms with Crippen LogP contribution in [0.4, 0.5) is 0 Å². The molecule has 78 valence electrons. The van der Waals surface area contributed by atoms with Gasteiger partial charge < -0.3 is 4.29 Å². The van der Waals surface area contributed by atoms with Gasteiger partial charge in [0.2, 0.25) is 0 Å². The zero-order chi connectivity index (χ0) is 10.7. The van der Waals surface area contributed by atoms with Gasteiger partial charge in [0, 0.05) is 0 Å². The maximum Gasteiger partial charge on any atom is 0.153 e. The molecular weight excluding hydrogens is 196 g/mol. The minimum absolute atomic E-state index is 0.433. The van der Waals surface area contributed by atoms with Crippen LogP contribution in [0.5, 0.6) is 5.75 Å². The summed E-state index contributed by atoms with van der Waals surface area (Å²) in [5, 5.41) is 0. The first kappa shape index (κ1) is 11.4. The summed E-state index contributed by atoms with van der Waals surface area (Å²) in [4.78, 5) is 0. The molecule has 0 saturated heterocycles. The Balaban J connectivity index is 3.25. The molecular formula is C12H17ClO. The second-order valence-corrected chi connectivity index (χ2v) is 4.31. The first-order valence-electron chi connectivity index (χ1n) is 4.99.